The zero-order valence-corrected chi connectivity index (χ0v) is 19.4. The summed E-state index contributed by atoms with van der Waals surface area (Å²) in [7, 11) is -1.88. The van der Waals surface area contributed by atoms with Crippen molar-refractivity contribution in [1.82, 2.24) is 5.32 Å². The van der Waals surface area contributed by atoms with E-state index >= 15 is 0 Å². The Bertz CT molecular complexity index is 657. The van der Waals surface area contributed by atoms with Gasteiger partial charge in [-0.3, -0.25) is 0 Å². The fourth-order valence-corrected chi connectivity index (χ4v) is 4.76. The van der Waals surface area contributed by atoms with Crippen LogP contribution in [0.15, 0.2) is 35.6 Å². The molecule has 152 valence electrons. The molecule has 0 heterocycles. The number of halogens is 1. The number of rotatable bonds is 4. The average Bonchev–Trinajstić information content (AvgIpc) is 2.48. The smallest absolute Gasteiger partial charge is 0.408 e. The van der Waals surface area contributed by atoms with Crippen LogP contribution < -0.4 is 5.32 Å². The van der Waals surface area contributed by atoms with Gasteiger partial charge < -0.3 is 14.5 Å². The monoisotopic (exact) mass is 411 g/mol. The van der Waals surface area contributed by atoms with Crippen molar-refractivity contribution in [2.24, 2.45) is 5.92 Å². The number of ether oxygens (including phenoxy) is 1. The molecular weight excluding hydrogens is 378 g/mol. The van der Waals surface area contributed by atoms with Gasteiger partial charge in [0.15, 0.2) is 0 Å². The molecule has 0 spiro atoms. The highest BCUT2D eigenvalue weighted by Crippen LogP contribution is 2.43. The molecule has 0 aromatic carbocycles. The van der Waals surface area contributed by atoms with E-state index in [4.69, 9.17) is 20.8 Å². The Kier molecular flexibility index (Phi) is 6.58. The van der Waals surface area contributed by atoms with E-state index in [0.29, 0.717) is 0 Å². The highest BCUT2D eigenvalue weighted by Gasteiger charge is 2.47. The number of alkyl carbamates (subject to hydrolysis) is 1. The number of alkyl halides is 1. The zero-order chi connectivity index (χ0) is 20.5. The third-order valence-electron chi connectivity index (χ3n) is 4.58. The second kappa shape index (κ2) is 8.04. The van der Waals surface area contributed by atoms with Gasteiger partial charge in [0.25, 0.3) is 0 Å². The maximum Gasteiger partial charge on any atom is 0.408 e. The number of allylic oxidation sites excluding steroid dienone is 4. The molecule has 2 rings (SSSR count). The number of amides is 1. The molecule has 2 unspecified atom stereocenters. The number of carbonyl (C=O) groups excluding carboxylic acids is 1. The number of hydrogen-bond acceptors (Lipinski definition) is 3. The molecule has 0 saturated heterocycles. The molecule has 1 amide bonds. The van der Waals surface area contributed by atoms with Gasteiger partial charge in [-0.2, -0.15) is 0 Å². The Balaban J connectivity index is 2.49. The Morgan fingerprint density at radius 2 is 2.00 bits per heavy atom. The second-order valence-electron chi connectivity index (χ2n) is 9.48. The topological polar surface area (TPSA) is 47.6 Å². The molecule has 6 heteroatoms. The summed E-state index contributed by atoms with van der Waals surface area (Å²) in [6, 6.07) is 0. The lowest BCUT2D eigenvalue weighted by molar-refractivity contribution is 0.0457. The maximum absolute atomic E-state index is 12.8. The molecule has 0 saturated carbocycles. The van der Waals surface area contributed by atoms with Gasteiger partial charge >= 0.3 is 6.09 Å². The minimum absolute atomic E-state index is 0.180. The summed E-state index contributed by atoms with van der Waals surface area (Å²) in [5.74, 6) is 0.997. The Hall–Kier alpha value is -1.20. The summed E-state index contributed by atoms with van der Waals surface area (Å²) in [6.45, 7) is 14.1. The first-order valence-corrected chi connectivity index (χ1v) is 13.6. The van der Waals surface area contributed by atoms with Crippen LogP contribution in [0.4, 0.5) is 4.79 Å². The van der Waals surface area contributed by atoms with Gasteiger partial charge in [0, 0.05) is 0 Å². The van der Waals surface area contributed by atoms with E-state index in [1.165, 1.54) is 0 Å². The molecule has 0 aliphatic heterocycles. The second-order valence-corrected chi connectivity index (χ2v) is 14.4. The maximum atomic E-state index is 12.8. The Labute approximate surface area is 170 Å². The van der Waals surface area contributed by atoms with E-state index in [1.54, 1.807) is 0 Å². The Morgan fingerprint density at radius 1 is 1.33 bits per heavy atom. The molecule has 4 nitrogen and oxygen atoms in total. The Morgan fingerprint density at radius 3 is 2.59 bits per heavy atom. The van der Waals surface area contributed by atoms with Crippen LogP contribution in [0.5, 0.6) is 0 Å². The third-order valence-corrected chi connectivity index (χ3v) is 6.04. The summed E-state index contributed by atoms with van der Waals surface area (Å²) in [5, 5.41) is 2.95. The van der Waals surface area contributed by atoms with Crippen LogP contribution in [0.3, 0.4) is 0 Å². The number of nitrogens with one attached hydrogen (secondary N) is 1. The molecule has 1 N–H and O–H groups in total. The zero-order valence-electron chi connectivity index (χ0n) is 17.7. The molecule has 0 aromatic rings. The molecule has 27 heavy (non-hydrogen) atoms. The van der Waals surface area contributed by atoms with Gasteiger partial charge in [-0.25, -0.2) is 4.79 Å². The summed E-state index contributed by atoms with van der Waals surface area (Å²) in [4.78, 5) is 12.8. The van der Waals surface area contributed by atoms with Crippen LogP contribution in [-0.4, -0.2) is 30.9 Å². The number of hydrogen-bond donors (Lipinski definition) is 1. The largest absolute Gasteiger partial charge is 0.546 e. The van der Waals surface area contributed by atoms with Crippen molar-refractivity contribution in [2.45, 2.75) is 83.1 Å². The van der Waals surface area contributed by atoms with Gasteiger partial charge in [-0.05, 0) is 77.2 Å². The van der Waals surface area contributed by atoms with Gasteiger partial charge in [0.2, 0.25) is 8.32 Å². The minimum atomic E-state index is -1.88. The molecule has 3 atom stereocenters. The lowest BCUT2D eigenvalue weighted by Gasteiger charge is -2.45. The van der Waals surface area contributed by atoms with Crippen LogP contribution in [0, 0.1) is 5.92 Å². The fourth-order valence-electron chi connectivity index (χ4n) is 3.50. The highest BCUT2D eigenvalue weighted by molar-refractivity contribution is 6.70. The van der Waals surface area contributed by atoms with Crippen molar-refractivity contribution in [3.8, 4) is 0 Å². The molecule has 0 bridgehead atoms. The summed E-state index contributed by atoms with van der Waals surface area (Å²) in [5.41, 5.74) is -0.348. The van der Waals surface area contributed by atoms with Crippen LogP contribution in [0.1, 0.15) is 47.0 Å². The molecule has 0 aromatic heterocycles. The molecule has 0 fully saturated rings. The first kappa shape index (κ1) is 22.1. The van der Waals surface area contributed by atoms with E-state index in [1.807, 2.05) is 32.9 Å². The van der Waals surface area contributed by atoms with E-state index in [-0.39, 0.29) is 11.3 Å². The fraction of sp³-hybridized carbons (Fsp3) is 0.667. The normalized spacial score (nSPS) is 28.9. The van der Waals surface area contributed by atoms with Gasteiger partial charge in [-0.15, -0.1) is 11.6 Å². The van der Waals surface area contributed by atoms with Gasteiger partial charge in [-0.1, -0.05) is 25.2 Å². The highest BCUT2D eigenvalue weighted by atomic mass is 35.5. The van der Waals surface area contributed by atoms with Crippen molar-refractivity contribution in [3.63, 3.8) is 0 Å². The molecule has 0 radical (unpaired) electrons. The summed E-state index contributed by atoms with van der Waals surface area (Å²) < 4.78 is 12.1. The quantitative estimate of drug-likeness (QED) is 0.462. The molecular formula is C21H34ClNO3Si. The third kappa shape index (κ3) is 5.64. The van der Waals surface area contributed by atoms with Crippen molar-refractivity contribution in [2.75, 3.05) is 0 Å². The van der Waals surface area contributed by atoms with Crippen LogP contribution in [0.2, 0.25) is 19.6 Å². The van der Waals surface area contributed by atoms with Crippen molar-refractivity contribution < 1.29 is 14.0 Å². The SMILES string of the molecule is CC1C=CC=C([C@]2(NC(=O)OC(C)(C)C)CCCC=C2O[Si](C)(C)C)C1Cl. The summed E-state index contributed by atoms with van der Waals surface area (Å²) in [6.07, 6.45) is 10.5. The standard InChI is InChI=1S/C21H34ClNO3Si/c1-15-11-10-12-16(18(15)22)21(23-19(24)25-20(2,3)4)14-9-8-13-17(21)26-27(5,6)7/h10-13,15,18H,8-9,14H2,1-7H3,(H,23,24)/t15?,18?,21-/m1/s1. The molecule has 2 aliphatic rings. The van der Waals surface area contributed by atoms with Crippen molar-refractivity contribution >= 4 is 26.0 Å². The first-order valence-electron chi connectivity index (χ1n) is 9.78. The summed E-state index contributed by atoms with van der Waals surface area (Å²) >= 11 is 6.83. The lowest BCUT2D eigenvalue weighted by atomic mass is 9.74. The first-order chi connectivity index (χ1) is 12.3. The minimum Gasteiger partial charge on any atom is -0.546 e. The van der Waals surface area contributed by atoms with E-state index < -0.39 is 25.6 Å². The lowest BCUT2D eigenvalue weighted by Crippen LogP contribution is -2.57. The van der Waals surface area contributed by atoms with E-state index in [2.05, 4.69) is 44.0 Å². The predicted molar refractivity (Wildman–Crippen MR) is 114 cm³/mol. The van der Waals surface area contributed by atoms with E-state index in [9.17, 15) is 4.79 Å². The van der Waals surface area contributed by atoms with Crippen LogP contribution >= 0.6 is 11.6 Å². The van der Waals surface area contributed by atoms with Crippen LogP contribution in [0.25, 0.3) is 0 Å². The van der Waals surface area contributed by atoms with Crippen LogP contribution in [-0.2, 0) is 9.16 Å². The van der Waals surface area contributed by atoms with Gasteiger partial charge in [0.05, 0.1) is 5.38 Å². The molecule has 2 aliphatic carbocycles. The average molecular weight is 412 g/mol. The van der Waals surface area contributed by atoms with Gasteiger partial charge in [0.1, 0.15) is 16.9 Å². The van der Waals surface area contributed by atoms with Crippen molar-refractivity contribution in [3.05, 3.63) is 35.6 Å². The van der Waals surface area contributed by atoms with E-state index in [0.717, 1.165) is 30.6 Å². The predicted octanol–water partition coefficient (Wildman–Crippen LogP) is 5.91. The van der Waals surface area contributed by atoms with Crippen molar-refractivity contribution in [1.29, 1.82) is 0 Å². The number of carbonyl (C=O) groups is 1.